The van der Waals surface area contributed by atoms with Gasteiger partial charge < -0.3 is 19.9 Å². The summed E-state index contributed by atoms with van der Waals surface area (Å²) in [6.45, 7) is 6.41. The lowest BCUT2D eigenvalue weighted by Crippen LogP contribution is -2.39. The first-order chi connectivity index (χ1) is 11.3. The van der Waals surface area contributed by atoms with Crippen molar-refractivity contribution >= 4 is 11.8 Å². The number of rotatable bonds is 3. The van der Waals surface area contributed by atoms with Gasteiger partial charge >= 0.3 is 5.69 Å². The van der Waals surface area contributed by atoms with Crippen molar-refractivity contribution in [1.82, 2.24) is 19.8 Å². The van der Waals surface area contributed by atoms with E-state index in [0.29, 0.717) is 31.1 Å². The Morgan fingerprint density at radius 2 is 1.96 bits per heavy atom. The Labute approximate surface area is 140 Å². The lowest BCUT2D eigenvalue weighted by atomic mass is 10.1. The first kappa shape index (κ1) is 18.1. The molecule has 8 nitrogen and oxygen atoms in total. The molecule has 1 fully saturated rings. The largest absolute Gasteiger partial charge is 0.389 e. The normalized spacial score (nSPS) is 18.6. The zero-order valence-corrected chi connectivity index (χ0v) is 14.3. The van der Waals surface area contributed by atoms with E-state index in [1.807, 2.05) is 13.8 Å². The van der Waals surface area contributed by atoms with Gasteiger partial charge in [0.15, 0.2) is 0 Å². The number of aliphatic hydroxyl groups excluding tert-OH is 1. The van der Waals surface area contributed by atoms with E-state index < -0.39 is 17.7 Å². The number of carbonyl (C=O) groups is 2. The van der Waals surface area contributed by atoms with Crippen molar-refractivity contribution in [3.05, 3.63) is 27.9 Å². The van der Waals surface area contributed by atoms with Crippen LogP contribution in [0.2, 0.25) is 0 Å². The topological polar surface area (TPSA) is 107 Å². The van der Waals surface area contributed by atoms with Crippen LogP contribution in [-0.2, 0) is 11.2 Å². The van der Waals surface area contributed by atoms with Gasteiger partial charge in [0, 0.05) is 38.8 Å². The average molecular weight is 336 g/mol. The maximum absolute atomic E-state index is 12.7. The van der Waals surface area contributed by atoms with Crippen LogP contribution in [0.15, 0.2) is 10.9 Å². The van der Waals surface area contributed by atoms with Gasteiger partial charge in [0.25, 0.3) is 5.91 Å². The van der Waals surface area contributed by atoms with Gasteiger partial charge in [-0.05, 0) is 18.4 Å². The number of aromatic nitrogens is 2. The summed E-state index contributed by atoms with van der Waals surface area (Å²) >= 11 is 0. The van der Waals surface area contributed by atoms with Gasteiger partial charge in [-0.2, -0.15) is 4.98 Å². The van der Waals surface area contributed by atoms with E-state index in [0.717, 1.165) is 0 Å². The van der Waals surface area contributed by atoms with Gasteiger partial charge in [0.1, 0.15) is 5.69 Å². The summed E-state index contributed by atoms with van der Waals surface area (Å²) in [6.07, 6.45) is -0.184. The highest BCUT2D eigenvalue weighted by molar-refractivity contribution is 5.92. The molecule has 1 aliphatic rings. The third-order valence-electron chi connectivity index (χ3n) is 3.88. The average Bonchev–Trinajstić information content (AvgIpc) is 2.67. The second kappa shape index (κ2) is 7.57. The van der Waals surface area contributed by atoms with Crippen molar-refractivity contribution in [3.8, 4) is 0 Å². The number of β-amino-alcohol motifs (C(OH)–C–C–N with tert-alkyl or cyclic N) is 1. The highest BCUT2D eigenvalue weighted by Gasteiger charge is 2.27. The Balaban J connectivity index is 2.20. The molecule has 2 N–H and O–H groups in total. The van der Waals surface area contributed by atoms with Gasteiger partial charge in [-0.3, -0.25) is 9.59 Å². The van der Waals surface area contributed by atoms with Crippen LogP contribution in [-0.4, -0.2) is 69.0 Å². The van der Waals surface area contributed by atoms with E-state index in [1.165, 1.54) is 16.7 Å². The minimum absolute atomic E-state index is 0.0675. The fraction of sp³-hybridized carbons (Fsp3) is 0.625. The Hall–Kier alpha value is -2.22. The molecule has 1 saturated heterocycles. The van der Waals surface area contributed by atoms with E-state index in [9.17, 15) is 19.5 Å². The fourth-order valence-electron chi connectivity index (χ4n) is 2.79. The molecular weight excluding hydrogens is 312 g/mol. The van der Waals surface area contributed by atoms with Gasteiger partial charge in [0.2, 0.25) is 5.91 Å². The van der Waals surface area contributed by atoms with Crippen molar-refractivity contribution in [2.45, 2.75) is 33.3 Å². The Morgan fingerprint density at radius 1 is 1.33 bits per heavy atom. The summed E-state index contributed by atoms with van der Waals surface area (Å²) in [5.41, 5.74) is 0.171. The Bertz CT molecular complexity index is 670. The third kappa shape index (κ3) is 4.64. The van der Waals surface area contributed by atoms with Gasteiger partial charge in [0.05, 0.1) is 6.10 Å². The summed E-state index contributed by atoms with van der Waals surface area (Å²) in [4.78, 5) is 45.2. The molecule has 2 amide bonds. The second-order valence-corrected chi connectivity index (χ2v) is 6.56. The molecule has 0 saturated carbocycles. The van der Waals surface area contributed by atoms with Crippen LogP contribution in [0.3, 0.4) is 0 Å². The van der Waals surface area contributed by atoms with Gasteiger partial charge in [-0.25, -0.2) is 4.79 Å². The van der Waals surface area contributed by atoms with Crippen molar-refractivity contribution < 1.29 is 14.7 Å². The predicted molar refractivity (Wildman–Crippen MR) is 87.6 cm³/mol. The zero-order chi connectivity index (χ0) is 17.9. The first-order valence-electron chi connectivity index (χ1n) is 8.09. The molecule has 1 atom stereocenters. The maximum atomic E-state index is 12.7. The smallest absolute Gasteiger partial charge is 0.345 e. The number of nitrogens with zero attached hydrogens (tertiary/aromatic N) is 3. The van der Waals surface area contributed by atoms with E-state index in [2.05, 4.69) is 9.97 Å². The summed E-state index contributed by atoms with van der Waals surface area (Å²) in [5.74, 6) is -0.220. The van der Waals surface area contributed by atoms with E-state index in [-0.39, 0.29) is 24.7 Å². The molecule has 0 aliphatic carbocycles. The van der Waals surface area contributed by atoms with E-state index in [4.69, 9.17) is 0 Å². The molecule has 0 aromatic carbocycles. The maximum Gasteiger partial charge on any atom is 0.345 e. The van der Waals surface area contributed by atoms with Crippen LogP contribution in [0.5, 0.6) is 0 Å². The second-order valence-electron chi connectivity index (χ2n) is 6.56. The van der Waals surface area contributed by atoms with Crippen LogP contribution in [0.1, 0.15) is 37.0 Å². The molecular formula is C16H24N4O4. The number of carbonyl (C=O) groups excluding carboxylic acids is 2. The molecule has 0 spiro atoms. The molecule has 0 radical (unpaired) electrons. The molecule has 1 aromatic rings. The highest BCUT2D eigenvalue weighted by atomic mass is 16.3. The molecule has 24 heavy (non-hydrogen) atoms. The van der Waals surface area contributed by atoms with Crippen molar-refractivity contribution in [2.75, 3.05) is 26.2 Å². The van der Waals surface area contributed by atoms with Crippen molar-refractivity contribution in [1.29, 1.82) is 0 Å². The van der Waals surface area contributed by atoms with Gasteiger partial charge in [-0.15, -0.1) is 0 Å². The molecule has 2 heterocycles. The Morgan fingerprint density at radius 3 is 2.58 bits per heavy atom. The standard InChI is InChI=1S/C16H24N4O4/c1-10(2)6-12-7-14(18-16(24)17-12)15(23)20-5-4-19(11(3)21)8-13(22)9-20/h7,10,13,22H,4-6,8-9H2,1-3H3,(H,17,18,24)/t13-/m1/s1. The van der Waals surface area contributed by atoms with Crippen LogP contribution in [0, 0.1) is 5.92 Å². The molecule has 0 bridgehead atoms. The van der Waals surface area contributed by atoms with Crippen molar-refractivity contribution in [3.63, 3.8) is 0 Å². The lowest BCUT2D eigenvalue weighted by molar-refractivity contribution is -0.129. The Kier molecular flexibility index (Phi) is 5.71. The number of aromatic amines is 1. The highest BCUT2D eigenvalue weighted by Crippen LogP contribution is 2.10. The third-order valence-corrected chi connectivity index (χ3v) is 3.88. The predicted octanol–water partition coefficient (Wildman–Crippen LogP) is -0.366. The number of nitrogens with one attached hydrogen (secondary N) is 1. The number of hydrogen-bond acceptors (Lipinski definition) is 5. The van der Waals surface area contributed by atoms with Crippen LogP contribution in [0.4, 0.5) is 0 Å². The van der Waals surface area contributed by atoms with Crippen LogP contribution >= 0.6 is 0 Å². The molecule has 0 unspecified atom stereocenters. The molecule has 1 aromatic heterocycles. The lowest BCUT2D eigenvalue weighted by Gasteiger charge is -2.21. The molecule has 1 aliphatic heterocycles. The molecule has 8 heteroatoms. The van der Waals surface area contributed by atoms with E-state index >= 15 is 0 Å². The van der Waals surface area contributed by atoms with Crippen molar-refractivity contribution in [2.24, 2.45) is 5.92 Å². The van der Waals surface area contributed by atoms with E-state index in [1.54, 1.807) is 6.07 Å². The summed E-state index contributed by atoms with van der Waals surface area (Å²) in [6, 6.07) is 1.59. The molecule has 132 valence electrons. The quantitative estimate of drug-likeness (QED) is 0.783. The zero-order valence-electron chi connectivity index (χ0n) is 14.3. The first-order valence-corrected chi connectivity index (χ1v) is 8.09. The minimum atomic E-state index is -0.822. The SMILES string of the molecule is CC(=O)N1CCN(C(=O)c2cc(CC(C)C)[nH]c(=O)n2)C[C@H](O)C1. The number of hydrogen-bond donors (Lipinski definition) is 2. The number of amides is 2. The van der Waals surface area contributed by atoms with Gasteiger partial charge in [-0.1, -0.05) is 13.8 Å². The summed E-state index contributed by atoms with van der Waals surface area (Å²) in [7, 11) is 0. The monoisotopic (exact) mass is 336 g/mol. The van der Waals surface area contributed by atoms with Crippen LogP contribution in [0.25, 0.3) is 0 Å². The summed E-state index contributed by atoms with van der Waals surface area (Å²) in [5, 5.41) is 10.0. The number of aliphatic hydroxyl groups is 1. The minimum Gasteiger partial charge on any atom is -0.389 e. The fourth-order valence-corrected chi connectivity index (χ4v) is 2.79. The molecule has 2 rings (SSSR count). The summed E-state index contributed by atoms with van der Waals surface area (Å²) < 4.78 is 0. The number of H-pyrrole nitrogens is 1. The van der Waals surface area contributed by atoms with Crippen LogP contribution < -0.4 is 5.69 Å².